The highest BCUT2D eigenvalue weighted by Crippen LogP contribution is 2.32. The maximum atomic E-state index is 6.11. The number of fused-ring (bicyclic) bond motifs is 1. The van der Waals surface area contributed by atoms with E-state index in [4.69, 9.17) is 21.7 Å². The lowest BCUT2D eigenvalue weighted by Gasteiger charge is -2.15. The van der Waals surface area contributed by atoms with Crippen molar-refractivity contribution in [2.45, 2.75) is 39.7 Å². The number of halogens is 1. The van der Waals surface area contributed by atoms with Gasteiger partial charge >= 0.3 is 0 Å². The van der Waals surface area contributed by atoms with E-state index in [1.54, 1.807) is 0 Å². The number of hydrogen-bond donors (Lipinski definition) is 0. The number of rotatable bonds is 5. The molecule has 0 aliphatic heterocycles. The Hall–Kier alpha value is -2.18. The number of aryl methyl sites for hydroxylation is 1. The van der Waals surface area contributed by atoms with E-state index in [0.29, 0.717) is 5.82 Å². The van der Waals surface area contributed by atoms with Crippen molar-refractivity contribution in [3.63, 3.8) is 0 Å². The first-order valence-electron chi connectivity index (χ1n) is 8.77. The Morgan fingerprint density at radius 3 is 2.69 bits per heavy atom. The van der Waals surface area contributed by atoms with Crippen LogP contribution >= 0.6 is 22.9 Å². The van der Waals surface area contributed by atoms with Gasteiger partial charge in [0.25, 0.3) is 0 Å². The number of hydrogen-bond acceptors (Lipinski definition) is 4. The van der Waals surface area contributed by atoms with Crippen LogP contribution in [0.15, 0.2) is 36.7 Å². The van der Waals surface area contributed by atoms with Crippen LogP contribution in [0, 0.1) is 6.92 Å². The first-order valence-corrected chi connectivity index (χ1v) is 9.96. The van der Waals surface area contributed by atoms with Crippen molar-refractivity contribution in [3.8, 4) is 22.2 Å². The van der Waals surface area contributed by atoms with Crippen LogP contribution in [0.5, 0.6) is 0 Å². The molecule has 0 saturated carbocycles. The summed E-state index contributed by atoms with van der Waals surface area (Å²) in [6.07, 6.45) is 5.91. The summed E-state index contributed by atoms with van der Waals surface area (Å²) in [4.78, 5) is 10.4. The zero-order chi connectivity index (χ0) is 18.3. The summed E-state index contributed by atoms with van der Waals surface area (Å²) in [5.74, 6) is 1.56. The molecule has 4 heterocycles. The molecule has 0 fully saturated rings. The smallest absolute Gasteiger partial charge is 0.191 e. The Bertz CT molecular complexity index is 1060. The van der Waals surface area contributed by atoms with Crippen LogP contribution in [-0.4, -0.2) is 24.1 Å². The summed E-state index contributed by atoms with van der Waals surface area (Å²) < 4.78 is 4.86. The van der Waals surface area contributed by atoms with E-state index in [9.17, 15) is 0 Å². The zero-order valence-electron chi connectivity index (χ0n) is 15.0. The van der Waals surface area contributed by atoms with Crippen LogP contribution in [0.25, 0.3) is 27.9 Å². The first-order chi connectivity index (χ1) is 12.6. The van der Waals surface area contributed by atoms with Crippen molar-refractivity contribution in [2.24, 2.45) is 0 Å². The summed E-state index contributed by atoms with van der Waals surface area (Å²) in [6.45, 7) is 6.43. The van der Waals surface area contributed by atoms with Gasteiger partial charge in [-0.25, -0.2) is 14.6 Å². The lowest BCUT2D eigenvalue weighted by molar-refractivity contribution is 0.432. The Kier molecular flexibility index (Phi) is 4.54. The normalized spacial score (nSPS) is 11.7. The maximum Gasteiger partial charge on any atom is 0.191 e. The molecule has 0 aliphatic rings. The molecule has 0 bridgehead atoms. The van der Waals surface area contributed by atoms with Gasteiger partial charge in [0.2, 0.25) is 0 Å². The Balaban J connectivity index is 1.91. The summed E-state index contributed by atoms with van der Waals surface area (Å²) >= 11 is 7.61. The van der Waals surface area contributed by atoms with Gasteiger partial charge in [-0.15, -0.1) is 16.4 Å². The van der Waals surface area contributed by atoms with E-state index >= 15 is 0 Å². The lowest BCUT2D eigenvalue weighted by Crippen LogP contribution is -2.11. The van der Waals surface area contributed by atoms with Gasteiger partial charge in [0.05, 0.1) is 21.5 Å². The van der Waals surface area contributed by atoms with Crippen molar-refractivity contribution in [2.75, 3.05) is 0 Å². The van der Waals surface area contributed by atoms with Crippen molar-refractivity contribution >= 4 is 28.6 Å². The minimum Gasteiger partial charge on any atom is -0.297 e. The fourth-order valence-electron chi connectivity index (χ4n) is 3.17. The standard InChI is InChI=1S/C19H20ClN5S/c1-4-13(5-2)25-19(22-18(23-25)15-6-7-16(20)26-15)14-11-21-17-10-12(3)8-9-24(14)17/h6-11,13H,4-5H2,1-3H3. The van der Waals surface area contributed by atoms with E-state index < -0.39 is 0 Å². The number of nitrogens with zero attached hydrogens (tertiary/aromatic N) is 5. The minimum atomic E-state index is 0.290. The fraction of sp³-hybridized carbons (Fsp3) is 0.316. The van der Waals surface area contributed by atoms with Crippen molar-refractivity contribution in [3.05, 3.63) is 46.6 Å². The highest BCUT2D eigenvalue weighted by atomic mass is 35.5. The SMILES string of the molecule is CCC(CC)n1nc(-c2ccc(Cl)s2)nc1-c1cnc2cc(C)ccn12. The maximum absolute atomic E-state index is 6.11. The van der Waals surface area contributed by atoms with Crippen LogP contribution in [-0.2, 0) is 0 Å². The van der Waals surface area contributed by atoms with Gasteiger partial charge in [0, 0.05) is 6.20 Å². The fourth-order valence-corrected chi connectivity index (χ4v) is 4.15. The van der Waals surface area contributed by atoms with Crippen molar-refractivity contribution in [1.82, 2.24) is 24.1 Å². The van der Waals surface area contributed by atoms with Crippen molar-refractivity contribution < 1.29 is 0 Å². The second kappa shape index (κ2) is 6.85. The molecular weight excluding hydrogens is 366 g/mol. The molecule has 0 radical (unpaired) electrons. The third-order valence-electron chi connectivity index (χ3n) is 4.61. The van der Waals surface area contributed by atoms with Crippen LogP contribution in [0.1, 0.15) is 38.3 Å². The average Bonchev–Trinajstić information content (AvgIpc) is 3.33. The number of aromatic nitrogens is 5. The molecule has 0 aromatic carbocycles. The Morgan fingerprint density at radius 1 is 1.19 bits per heavy atom. The largest absolute Gasteiger partial charge is 0.297 e. The monoisotopic (exact) mass is 385 g/mol. The van der Waals surface area contributed by atoms with Crippen LogP contribution in [0.3, 0.4) is 0 Å². The molecule has 0 spiro atoms. The van der Waals surface area contributed by atoms with E-state index in [2.05, 4.69) is 42.3 Å². The Labute approximate surface area is 161 Å². The molecule has 26 heavy (non-hydrogen) atoms. The first kappa shape index (κ1) is 17.2. The average molecular weight is 386 g/mol. The molecule has 7 heteroatoms. The quantitative estimate of drug-likeness (QED) is 0.446. The van der Waals surface area contributed by atoms with E-state index in [1.165, 1.54) is 16.9 Å². The molecule has 4 aromatic heterocycles. The molecule has 4 aromatic rings. The second-order valence-electron chi connectivity index (χ2n) is 6.35. The van der Waals surface area contributed by atoms with E-state index in [0.717, 1.165) is 39.2 Å². The van der Waals surface area contributed by atoms with Gasteiger partial charge in [0.1, 0.15) is 11.3 Å². The molecule has 0 aliphatic carbocycles. The molecule has 0 unspecified atom stereocenters. The van der Waals surface area contributed by atoms with Gasteiger partial charge in [0.15, 0.2) is 11.6 Å². The van der Waals surface area contributed by atoms with Crippen LogP contribution < -0.4 is 0 Å². The molecule has 0 N–H and O–H groups in total. The topological polar surface area (TPSA) is 48.0 Å². The highest BCUT2D eigenvalue weighted by Gasteiger charge is 2.21. The number of pyridine rings is 1. The number of imidazole rings is 1. The number of thiophene rings is 1. The van der Waals surface area contributed by atoms with E-state index in [-0.39, 0.29) is 6.04 Å². The third-order valence-corrected chi connectivity index (χ3v) is 5.84. The highest BCUT2D eigenvalue weighted by molar-refractivity contribution is 7.19. The summed E-state index contributed by atoms with van der Waals surface area (Å²) in [6, 6.07) is 8.30. The van der Waals surface area contributed by atoms with Gasteiger partial charge in [-0.3, -0.25) is 4.40 Å². The molecule has 134 valence electrons. The predicted molar refractivity (Wildman–Crippen MR) is 107 cm³/mol. The summed E-state index contributed by atoms with van der Waals surface area (Å²) in [5.41, 5.74) is 3.05. The molecule has 0 saturated heterocycles. The summed E-state index contributed by atoms with van der Waals surface area (Å²) in [7, 11) is 0. The minimum absolute atomic E-state index is 0.290. The van der Waals surface area contributed by atoms with Crippen LogP contribution in [0.4, 0.5) is 0 Å². The van der Waals surface area contributed by atoms with Gasteiger partial charge < -0.3 is 0 Å². The summed E-state index contributed by atoms with van der Waals surface area (Å²) in [5, 5.41) is 4.83. The molecule has 4 rings (SSSR count). The van der Waals surface area contributed by atoms with Gasteiger partial charge in [-0.2, -0.15) is 0 Å². The molecule has 0 amide bonds. The van der Waals surface area contributed by atoms with Gasteiger partial charge in [-0.05, 0) is 49.6 Å². The van der Waals surface area contributed by atoms with Crippen LogP contribution in [0.2, 0.25) is 4.34 Å². The lowest BCUT2D eigenvalue weighted by atomic mass is 10.2. The predicted octanol–water partition coefficient (Wildman–Crippen LogP) is 5.64. The zero-order valence-corrected chi connectivity index (χ0v) is 16.6. The third kappa shape index (κ3) is 2.93. The molecule has 5 nitrogen and oxygen atoms in total. The van der Waals surface area contributed by atoms with Gasteiger partial charge in [-0.1, -0.05) is 25.4 Å². The van der Waals surface area contributed by atoms with Crippen molar-refractivity contribution in [1.29, 1.82) is 0 Å². The van der Waals surface area contributed by atoms with E-state index in [1.807, 2.05) is 29.2 Å². The second-order valence-corrected chi connectivity index (χ2v) is 8.07. The molecular formula is C19H20ClN5S. The Morgan fingerprint density at radius 2 is 2.00 bits per heavy atom. The molecule has 0 atom stereocenters.